The molecule has 0 aliphatic carbocycles. The van der Waals surface area contributed by atoms with E-state index >= 15 is 0 Å². The van der Waals surface area contributed by atoms with Crippen molar-refractivity contribution in [2.24, 2.45) is 0 Å². The van der Waals surface area contributed by atoms with Gasteiger partial charge < -0.3 is 15.8 Å². The number of anilines is 2. The Morgan fingerprint density at radius 1 is 1.42 bits per heavy atom. The Labute approximate surface area is 111 Å². The second-order valence-corrected chi connectivity index (χ2v) is 3.99. The summed E-state index contributed by atoms with van der Waals surface area (Å²) in [6.45, 7) is 0.498. The van der Waals surface area contributed by atoms with Crippen LogP contribution in [0.2, 0.25) is 0 Å². The molecule has 0 fully saturated rings. The van der Waals surface area contributed by atoms with Crippen molar-refractivity contribution in [2.45, 2.75) is 6.54 Å². The average Bonchev–Trinajstić information content (AvgIpc) is 2.76. The van der Waals surface area contributed by atoms with Crippen LogP contribution in [0.5, 0.6) is 0 Å². The fourth-order valence-corrected chi connectivity index (χ4v) is 1.83. The fourth-order valence-electron chi connectivity index (χ4n) is 1.83. The van der Waals surface area contributed by atoms with Crippen molar-refractivity contribution < 1.29 is 9.53 Å². The number of nitrogen functional groups attached to an aromatic ring is 1. The molecular weight excluding hydrogens is 244 g/mol. The first kappa shape index (κ1) is 12.9. The quantitative estimate of drug-likeness (QED) is 0.811. The SMILES string of the molecule is CNc1nn(Cc2ccccc2)c(N)c1C(=O)OC. The molecule has 0 atom stereocenters. The predicted molar refractivity (Wildman–Crippen MR) is 73.1 cm³/mol. The number of benzene rings is 1. The normalized spacial score (nSPS) is 10.2. The maximum absolute atomic E-state index is 11.7. The highest BCUT2D eigenvalue weighted by Gasteiger charge is 2.22. The molecule has 0 spiro atoms. The summed E-state index contributed by atoms with van der Waals surface area (Å²) < 4.78 is 6.29. The minimum atomic E-state index is -0.499. The number of nitrogens with two attached hydrogens (primary N) is 1. The summed E-state index contributed by atoms with van der Waals surface area (Å²) in [6.07, 6.45) is 0. The van der Waals surface area contributed by atoms with Gasteiger partial charge in [-0.3, -0.25) is 0 Å². The predicted octanol–water partition coefficient (Wildman–Crippen LogP) is 1.34. The van der Waals surface area contributed by atoms with E-state index < -0.39 is 5.97 Å². The van der Waals surface area contributed by atoms with Gasteiger partial charge in [0.1, 0.15) is 11.4 Å². The molecule has 1 heterocycles. The number of carbonyl (C=O) groups excluding carboxylic acids is 1. The van der Waals surface area contributed by atoms with E-state index in [1.54, 1.807) is 11.7 Å². The number of esters is 1. The van der Waals surface area contributed by atoms with Crippen LogP contribution < -0.4 is 11.1 Å². The van der Waals surface area contributed by atoms with E-state index in [2.05, 4.69) is 10.4 Å². The van der Waals surface area contributed by atoms with Gasteiger partial charge in [-0.15, -0.1) is 0 Å². The van der Waals surface area contributed by atoms with Gasteiger partial charge in [-0.05, 0) is 5.56 Å². The number of hydrogen-bond acceptors (Lipinski definition) is 5. The fraction of sp³-hybridized carbons (Fsp3) is 0.231. The number of nitrogens with zero attached hydrogens (tertiary/aromatic N) is 2. The molecule has 2 rings (SSSR count). The van der Waals surface area contributed by atoms with Crippen LogP contribution in [0, 0.1) is 0 Å². The zero-order chi connectivity index (χ0) is 13.8. The van der Waals surface area contributed by atoms with Crippen molar-refractivity contribution in [3.05, 3.63) is 41.5 Å². The summed E-state index contributed by atoms with van der Waals surface area (Å²) in [6, 6.07) is 9.76. The average molecular weight is 260 g/mol. The molecule has 1 aromatic carbocycles. The largest absolute Gasteiger partial charge is 0.465 e. The van der Waals surface area contributed by atoms with Crippen molar-refractivity contribution in [1.82, 2.24) is 9.78 Å². The Kier molecular flexibility index (Phi) is 3.70. The van der Waals surface area contributed by atoms with E-state index in [-0.39, 0.29) is 5.56 Å². The molecule has 100 valence electrons. The van der Waals surface area contributed by atoms with Crippen LogP contribution in [0.15, 0.2) is 30.3 Å². The summed E-state index contributed by atoms with van der Waals surface area (Å²) in [5.41, 5.74) is 7.28. The molecule has 0 aliphatic rings. The van der Waals surface area contributed by atoms with E-state index in [0.717, 1.165) is 5.56 Å². The third kappa shape index (κ3) is 2.52. The molecule has 0 aliphatic heterocycles. The highest BCUT2D eigenvalue weighted by atomic mass is 16.5. The lowest BCUT2D eigenvalue weighted by Crippen LogP contribution is -2.09. The van der Waals surface area contributed by atoms with Gasteiger partial charge in [0.15, 0.2) is 5.82 Å². The van der Waals surface area contributed by atoms with Gasteiger partial charge in [0.25, 0.3) is 0 Å². The number of nitrogens with one attached hydrogen (secondary N) is 1. The molecule has 6 heteroatoms. The van der Waals surface area contributed by atoms with E-state index in [1.807, 2.05) is 30.3 Å². The summed E-state index contributed by atoms with van der Waals surface area (Å²) in [5.74, 6) is 0.210. The second-order valence-electron chi connectivity index (χ2n) is 3.99. The molecule has 3 N–H and O–H groups in total. The van der Waals surface area contributed by atoms with Crippen LogP contribution in [0.1, 0.15) is 15.9 Å². The number of rotatable bonds is 4. The lowest BCUT2D eigenvalue weighted by Gasteiger charge is -2.04. The zero-order valence-corrected chi connectivity index (χ0v) is 10.9. The Morgan fingerprint density at radius 3 is 2.68 bits per heavy atom. The summed E-state index contributed by atoms with van der Waals surface area (Å²) in [7, 11) is 3.00. The van der Waals surface area contributed by atoms with Crippen molar-refractivity contribution in [2.75, 3.05) is 25.2 Å². The van der Waals surface area contributed by atoms with Crippen molar-refractivity contribution in [3.8, 4) is 0 Å². The smallest absolute Gasteiger partial charge is 0.345 e. The van der Waals surface area contributed by atoms with Crippen LogP contribution in [0.3, 0.4) is 0 Å². The van der Waals surface area contributed by atoms with Crippen molar-refractivity contribution in [1.29, 1.82) is 0 Å². The third-order valence-electron chi connectivity index (χ3n) is 2.79. The zero-order valence-electron chi connectivity index (χ0n) is 10.9. The van der Waals surface area contributed by atoms with Crippen molar-refractivity contribution in [3.63, 3.8) is 0 Å². The highest BCUT2D eigenvalue weighted by molar-refractivity contribution is 5.99. The van der Waals surface area contributed by atoms with E-state index in [4.69, 9.17) is 10.5 Å². The van der Waals surface area contributed by atoms with Crippen LogP contribution in [0.25, 0.3) is 0 Å². The molecule has 19 heavy (non-hydrogen) atoms. The topological polar surface area (TPSA) is 82.2 Å². The van der Waals surface area contributed by atoms with Gasteiger partial charge in [-0.1, -0.05) is 30.3 Å². The monoisotopic (exact) mass is 260 g/mol. The van der Waals surface area contributed by atoms with E-state index in [1.165, 1.54) is 7.11 Å². The first-order chi connectivity index (χ1) is 9.17. The maximum Gasteiger partial charge on any atom is 0.345 e. The maximum atomic E-state index is 11.7. The van der Waals surface area contributed by atoms with Gasteiger partial charge in [0.05, 0.1) is 13.7 Å². The van der Waals surface area contributed by atoms with Crippen LogP contribution in [-0.4, -0.2) is 29.9 Å². The number of aromatic nitrogens is 2. The molecule has 0 radical (unpaired) electrons. The van der Waals surface area contributed by atoms with E-state index in [9.17, 15) is 4.79 Å². The first-order valence-corrected chi connectivity index (χ1v) is 5.83. The first-order valence-electron chi connectivity index (χ1n) is 5.83. The molecule has 0 amide bonds. The Balaban J connectivity index is 2.37. The van der Waals surface area contributed by atoms with Crippen LogP contribution >= 0.6 is 0 Å². The van der Waals surface area contributed by atoms with Crippen LogP contribution in [-0.2, 0) is 11.3 Å². The van der Waals surface area contributed by atoms with Gasteiger partial charge in [0, 0.05) is 7.05 Å². The van der Waals surface area contributed by atoms with Crippen molar-refractivity contribution >= 4 is 17.6 Å². The molecule has 1 aromatic heterocycles. The molecule has 0 saturated carbocycles. The van der Waals surface area contributed by atoms with Gasteiger partial charge >= 0.3 is 5.97 Å². The Hall–Kier alpha value is -2.50. The summed E-state index contributed by atoms with van der Waals surface area (Å²) in [4.78, 5) is 11.7. The van der Waals surface area contributed by atoms with E-state index in [0.29, 0.717) is 18.2 Å². The third-order valence-corrected chi connectivity index (χ3v) is 2.79. The number of hydrogen-bond donors (Lipinski definition) is 2. The summed E-state index contributed by atoms with van der Waals surface area (Å²) in [5, 5.41) is 7.12. The standard InChI is InChI=1S/C13H16N4O2/c1-15-12-10(13(18)19-2)11(14)17(16-12)8-9-6-4-3-5-7-9/h3-7H,8,14H2,1-2H3,(H,15,16). The number of carbonyl (C=O) groups is 1. The second kappa shape index (κ2) is 5.43. The van der Waals surface area contributed by atoms with Gasteiger partial charge in [0.2, 0.25) is 0 Å². The number of ether oxygens (including phenoxy) is 1. The molecule has 0 saturated heterocycles. The molecule has 0 unspecified atom stereocenters. The molecule has 2 aromatic rings. The minimum absolute atomic E-state index is 0.265. The van der Waals surface area contributed by atoms with Crippen LogP contribution in [0.4, 0.5) is 11.6 Å². The lowest BCUT2D eigenvalue weighted by atomic mass is 10.2. The van der Waals surface area contributed by atoms with Gasteiger partial charge in [-0.25, -0.2) is 9.48 Å². The Morgan fingerprint density at radius 2 is 2.11 bits per heavy atom. The highest BCUT2D eigenvalue weighted by Crippen LogP contribution is 2.23. The molecule has 6 nitrogen and oxygen atoms in total. The van der Waals surface area contributed by atoms with Gasteiger partial charge in [-0.2, -0.15) is 5.10 Å². The Bertz CT molecular complexity index is 578. The molecular formula is C13H16N4O2. The number of methoxy groups -OCH3 is 1. The molecule has 0 bridgehead atoms. The lowest BCUT2D eigenvalue weighted by molar-refractivity contribution is 0.0603. The summed E-state index contributed by atoms with van der Waals surface area (Å²) >= 11 is 0. The minimum Gasteiger partial charge on any atom is -0.465 e.